The zero-order valence-corrected chi connectivity index (χ0v) is 26.3. The van der Waals surface area contributed by atoms with Gasteiger partial charge in [0.25, 0.3) is 10.1 Å². The molecule has 0 aliphatic rings. The molecular formula is C34H52Na2O7S. The molecular weight excluding hydrogens is 598 g/mol. The van der Waals surface area contributed by atoms with Crippen LogP contribution in [0, 0.1) is 0 Å². The third-order valence-corrected chi connectivity index (χ3v) is 8.49. The molecule has 0 radical (unpaired) electrons. The van der Waals surface area contributed by atoms with E-state index in [1.165, 1.54) is 70.6 Å². The Morgan fingerprint density at radius 3 is 1.36 bits per heavy atom. The fraction of sp³-hybridized carbons (Fsp3) is 0.588. The van der Waals surface area contributed by atoms with Gasteiger partial charge in [-0.05, 0) is 61.1 Å². The predicted octanol–water partition coefficient (Wildman–Crippen LogP) is 7.13. The molecule has 1 N–H and O–H groups in total. The number of esters is 2. The Hall–Kier alpha value is -0.710. The van der Waals surface area contributed by atoms with Crippen LogP contribution in [0.1, 0.15) is 121 Å². The SMILES string of the molecule is CCCCCCCCCc1ccc(OC(=O)CC(C(=O)Oc2ccc(CCCCCCCCC)cc2)S(=O)(=O)O)cc1.[NaH].[NaH]. The maximum atomic E-state index is 12.6. The van der Waals surface area contributed by atoms with Crippen LogP contribution in [-0.4, -0.2) is 89.3 Å². The number of unbranched alkanes of at least 4 members (excludes halogenated alkanes) is 12. The molecule has 2 aromatic rings. The Labute approximate surface area is 310 Å². The van der Waals surface area contributed by atoms with Gasteiger partial charge in [0, 0.05) is 0 Å². The van der Waals surface area contributed by atoms with E-state index in [1.807, 2.05) is 24.3 Å². The molecule has 2 rings (SSSR count). The van der Waals surface area contributed by atoms with Crippen molar-refractivity contribution in [3.8, 4) is 11.5 Å². The van der Waals surface area contributed by atoms with Gasteiger partial charge in [-0.15, -0.1) is 0 Å². The summed E-state index contributed by atoms with van der Waals surface area (Å²) < 4.78 is 43.9. The molecule has 0 aromatic heterocycles. The van der Waals surface area contributed by atoms with Gasteiger partial charge in [0.2, 0.25) is 0 Å². The standard InChI is InChI=1S/C34H50O7S.2Na.2H/c1-3-5-7-9-11-13-15-17-28-19-23-30(24-20-28)40-33(35)27-32(42(37,38)39)34(36)41-31-25-21-29(22-26-31)18-16-14-12-10-8-6-4-2;;;;/h19-26,32H,3-18,27H2,1-2H3,(H,37,38,39);;;;. The Bertz CT molecular complexity index is 1150. The number of benzene rings is 2. The summed E-state index contributed by atoms with van der Waals surface area (Å²) in [7, 11) is -4.91. The number of ether oxygens (including phenoxy) is 2. The zero-order valence-electron chi connectivity index (χ0n) is 25.5. The molecule has 238 valence electrons. The van der Waals surface area contributed by atoms with Gasteiger partial charge >= 0.3 is 71.1 Å². The van der Waals surface area contributed by atoms with E-state index >= 15 is 0 Å². The minimum absolute atomic E-state index is 0. The second-order valence-electron chi connectivity index (χ2n) is 11.1. The minimum atomic E-state index is -4.91. The van der Waals surface area contributed by atoms with E-state index in [0.717, 1.165) is 43.2 Å². The fourth-order valence-electron chi connectivity index (χ4n) is 4.84. The van der Waals surface area contributed by atoms with Crippen LogP contribution in [0.5, 0.6) is 11.5 Å². The summed E-state index contributed by atoms with van der Waals surface area (Å²) in [5.74, 6) is -1.82. The molecule has 0 fully saturated rings. The van der Waals surface area contributed by atoms with Crippen molar-refractivity contribution in [3.05, 3.63) is 59.7 Å². The van der Waals surface area contributed by atoms with Gasteiger partial charge in [-0.3, -0.25) is 14.1 Å². The maximum absolute atomic E-state index is 12.6. The van der Waals surface area contributed by atoms with Crippen molar-refractivity contribution in [3.63, 3.8) is 0 Å². The summed E-state index contributed by atoms with van der Waals surface area (Å²) in [5.41, 5.74) is 2.21. The molecule has 0 spiro atoms. The van der Waals surface area contributed by atoms with E-state index < -0.39 is 33.7 Å². The van der Waals surface area contributed by atoms with Gasteiger partial charge < -0.3 is 9.47 Å². The van der Waals surface area contributed by atoms with Crippen LogP contribution in [0.15, 0.2) is 48.5 Å². The monoisotopic (exact) mass is 650 g/mol. The second kappa shape index (κ2) is 25.4. The Balaban J connectivity index is 0.00000924. The molecule has 0 aliphatic carbocycles. The molecule has 7 nitrogen and oxygen atoms in total. The summed E-state index contributed by atoms with van der Waals surface area (Å²) in [6, 6.07) is 13.8. The fourth-order valence-corrected chi connectivity index (χ4v) is 5.48. The van der Waals surface area contributed by atoms with Crippen LogP contribution in [0.4, 0.5) is 0 Å². The molecule has 1 atom stereocenters. The van der Waals surface area contributed by atoms with Crippen molar-refractivity contribution in [1.29, 1.82) is 0 Å². The van der Waals surface area contributed by atoms with Crippen molar-refractivity contribution >= 4 is 81.2 Å². The second-order valence-corrected chi connectivity index (χ2v) is 12.7. The normalized spacial score (nSPS) is 11.6. The first kappa shape index (κ1) is 43.3. The first-order chi connectivity index (χ1) is 20.2. The molecule has 0 aliphatic heterocycles. The number of carbonyl (C=O) groups is 2. The summed E-state index contributed by atoms with van der Waals surface area (Å²) in [6.45, 7) is 4.41. The number of aryl methyl sites for hydroxylation is 2. The predicted molar refractivity (Wildman–Crippen MR) is 182 cm³/mol. The van der Waals surface area contributed by atoms with Gasteiger partial charge in [0.15, 0.2) is 5.25 Å². The number of hydrogen-bond acceptors (Lipinski definition) is 6. The van der Waals surface area contributed by atoms with Crippen molar-refractivity contribution in [2.24, 2.45) is 0 Å². The first-order valence-electron chi connectivity index (χ1n) is 15.8. The van der Waals surface area contributed by atoms with Crippen molar-refractivity contribution in [1.82, 2.24) is 0 Å². The molecule has 44 heavy (non-hydrogen) atoms. The van der Waals surface area contributed by atoms with E-state index in [2.05, 4.69) is 13.8 Å². The molecule has 0 saturated heterocycles. The van der Waals surface area contributed by atoms with Gasteiger partial charge in [-0.25, -0.2) is 0 Å². The number of carbonyl (C=O) groups excluding carboxylic acids is 2. The zero-order chi connectivity index (χ0) is 30.6. The van der Waals surface area contributed by atoms with Crippen LogP contribution in [0.25, 0.3) is 0 Å². The van der Waals surface area contributed by atoms with Crippen LogP contribution in [0.2, 0.25) is 0 Å². The van der Waals surface area contributed by atoms with Crippen molar-refractivity contribution < 1.29 is 32.0 Å². The molecule has 1 unspecified atom stereocenters. The molecule has 0 amide bonds. The third-order valence-electron chi connectivity index (χ3n) is 7.41. The van der Waals surface area contributed by atoms with Gasteiger partial charge in [-0.2, -0.15) is 8.42 Å². The van der Waals surface area contributed by atoms with Crippen LogP contribution >= 0.6 is 0 Å². The van der Waals surface area contributed by atoms with E-state index in [4.69, 9.17) is 9.47 Å². The summed E-state index contributed by atoms with van der Waals surface area (Å²) in [5, 5.41) is -2.09. The molecule has 2 aromatic carbocycles. The molecule has 0 bridgehead atoms. The van der Waals surface area contributed by atoms with Gasteiger partial charge in [0.05, 0.1) is 6.42 Å². The molecule has 0 heterocycles. The Morgan fingerprint density at radius 1 is 0.614 bits per heavy atom. The van der Waals surface area contributed by atoms with Crippen LogP contribution < -0.4 is 9.47 Å². The quantitative estimate of drug-likeness (QED) is 0.0475. The third kappa shape index (κ3) is 19.1. The number of hydrogen-bond donors (Lipinski definition) is 1. The Morgan fingerprint density at radius 2 is 0.977 bits per heavy atom. The van der Waals surface area contributed by atoms with Gasteiger partial charge in [0.1, 0.15) is 11.5 Å². The van der Waals surface area contributed by atoms with E-state index in [1.54, 1.807) is 24.3 Å². The average molecular weight is 651 g/mol. The summed E-state index contributed by atoms with van der Waals surface area (Å²) in [4.78, 5) is 25.1. The van der Waals surface area contributed by atoms with E-state index in [-0.39, 0.29) is 70.6 Å². The van der Waals surface area contributed by atoms with E-state index in [0.29, 0.717) is 0 Å². The topological polar surface area (TPSA) is 107 Å². The number of rotatable bonds is 22. The van der Waals surface area contributed by atoms with Gasteiger partial charge in [-0.1, -0.05) is 115 Å². The molecule has 0 saturated carbocycles. The molecule has 10 heteroatoms. The van der Waals surface area contributed by atoms with Crippen molar-refractivity contribution in [2.45, 2.75) is 128 Å². The van der Waals surface area contributed by atoms with Crippen molar-refractivity contribution in [2.75, 3.05) is 0 Å². The van der Waals surface area contributed by atoms with Crippen LogP contribution in [-0.2, 0) is 32.5 Å². The van der Waals surface area contributed by atoms with Crippen LogP contribution in [0.3, 0.4) is 0 Å². The Kier molecular flexibility index (Phi) is 25.0. The summed E-state index contributed by atoms with van der Waals surface area (Å²) in [6.07, 6.45) is 18.1. The van der Waals surface area contributed by atoms with E-state index in [9.17, 15) is 22.6 Å². The average Bonchev–Trinajstić information content (AvgIpc) is 2.96. The summed E-state index contributed by atoms with van der Waals surface area (Å²) >= 11 is 0. The first-order valence-corrected chi connectivity index (χ1v) is 17.3.